The van der Waals surface area contributed by atoms with Crippen LogP contribution in [0.1, 0.15) is 11.1 Å². The zero-order chi connectivity index (χ0) is 35.0. The average molecular weight is 677 g/mol. The minimum atomic E-state index is 0.968. The summed E-state index contributed by atoms with van der Waals surface area (Å²) in [5, 5.41) is 7.42. The molecule has 248 valence electrons. The molecular weight excluding hydrogens is 645 g/mol. The second-order valence-electron chi connectivity index (χ2n) is 13.9. The van der Waals surface area contributed by atoms with Crippen molar-refractivity contribution in [1.82, 2.24) is 14.1 Å². The predicted molar refractivity (Wildman–Crippen MR) is 223 cm³/mol. The van der Waals surface area contributed by atoms with Crippen molar-refractivity contribution in [2.24, 2.45) is 4.99 Å². The van der Waals surface area contributed by atoms with Crippen LogP contribution >= 0.6 is 0 Å². The molecule has 4 heteroatoms. The Hall–Kier alpha value is -7.04. The summed E-state index contributed by atoms with van der Waals surface area (Å²) < 4.78 is 4.75. The molecular formula is C49H32N4. The second kappa shape index (κ2) is 11.5. The first-order chi connectivity index (χ1) is 26.2. The van der Waals surface area contributed by atoms with Gasteiger partial charge in [0.2, 0.25) is 0 Å². The van der Waals surface area contributed by atoms with Gasteiger partial charge in [0.1, 0.15) is 0 Å². The first kappa shape index (κ1) is 29.7. The van der Waals surface area contributed by atoms with Gasteiger partial charge in [-0.15, -0.1) is 0 Å². The lowest BCUT2D eigenvalue weighted by molar-refractivity contribution is 1.14. The topological polar surface area (TPSA) is 35.1 Å². The van der Waals surface area contributed by atoms with Crippen molar-refractivity contribution in [3.8, 4) is 33.8 Å². The number of para-hydroxylation sites is 2. The van der Waals surface area contributed by atoms with Crippen molar-refractivity contribution in [3.05, 3.63) is 175 Å². The highest BCUT2D eigenvalue weighted by Gasteiger charge is 2.18. The maximum absolute atomic E-state index is 5.10. The molecule has 10 aromatic rings. The fourth-order valence-corrected chi connectivity index (χ4v) is 8.41. The van der Waals surface area contributed by atoms with E-state index >= 15 is 0 Å². The van der Waals surface area contributed by atoms with Crippen molar-refractivity contribution in [3.63, 3.8) is 0 Å². The maximum atomic E-state index is 5.10. The van der Waals surface area contributed by atoms with Crippen LogP contribution in [0.4, 0.5) is 5.69 Å². The van der Waals surface area contributed by atoms with Gasteiger partial charge in [-0.1, -0.05) is 91.0 Å². The third kappa shape index (κ3) is 4.56. The summed E-state index contributed by atoms with van der Waals surface area (Å²) in [6.07, 6.45) is 8.01. The molecule has 2 bridgehead atoms. The standard InChI is InChI=1S/C49H32N4/c1-31-39-17-9-18-44(31)50-24-10-13-36-25-38(30-51-49(36)39)53-45-19-8-7-16-40(45)41-27-34(20-22-46(41)53)35-21-23-47-42(28-35)43-26-32-11-5-6-12-33(32)29-48(43)52(47)37-14-3-2-4-15-37/h2-30H,1H3/b13-10+,50-24?. The van der Waals surface area contributed by atoms with Crippen LogP contribution in [0.5, 0.6) is 0 Å². The molecule has 0 radical (unpaired) electrons. The van der Waals surface area contributed by atoms with Gasteiger partial charge in [0.15, 0.2) is 0 Å². The monoisotopic (exact) mass is 676 g/mol. The third-order valence-corrected chi connectivity index (χ3v) is 10.9. The molecule has 0 aliphatic carbocycles. The van der Waals surface area contributed by atoms with Crippen LogP contribution in [0.25, 0.3) is 94.2 Å². The zero-order valence-electron chi connectivity index (χ0n) is 29.0. The Morgan fingerprint density at radius 2 is 1.15 bits per heavy atom. The van der Waals surface area contributed by atoms with Gasteiger partial charge in [0, 0.05) is 44.6 Å². The van der Waals surface area contributed by atoms with Gasteiger partial charge in [0.25, 0.3) is 0 Å². The van der Waals surface area contributed by atoms with Gasteiger partial charge in [-0.2, -0.15) is 0 Å². The number of aromatic nitrogens is 3. The number of rotatable bonds is 3. The smallest absolute Gasteiger partial charge is 0.0779 e. The van der Waals surface area contributed by atoms with Crippen LogP contribution < -0.4 is 0 Å². The number of nitrogens with zero attached hydrogens (tertiary/aromatic N) is 4. The molecule has 1 aliphatic rings. The number of pyridine rings is 1. The predicted octanol–water partition coefficient (Wildman–Crippen LogP) is 12.8. The van der Waals surface area contributed by atoms with Gasteiger partial charge in [0.05, 0.1) is 45.3 Å². The third-order valence-electron chi connectivity index (χ3n) is 10.9. The molecule has 53 heavy (non-hydrogen) atoms. The summed E-state index contributed by atoms with van der Waals surface area (Å²) in [6.45, 7) is 2.12. The molecule has 0 amide bonds. The maximum Gasteiger partial charge on any atom is 0.0779 e. The quantitative estimate of drug-likeness (QED) is 0.183. The van der Waals surface area contributed by atoms with Crippen molar-refractivity contribution in [2.45, 2.75) is 6.92 Å². The van der Waals surface area contributed by atoms with E-state index in [4.69, 9.17) is 4.98 Å². The van der Waals surface area contributed by atoms with Gasteiger partial charge in [-0.05, 0) is 107 Å². The van der Waals surface area contributed by atoms with E-state index in [1.165, 1.54) is 54.5 Å². The Labute approximate surface area is 306 Å². The molecule has 3 aromatic heterocycles. The number of fused-ring (bicyclic) bond motifs is 11. The van der Waals surface area contributed by atoms with E-state index < -0.39 is 0 Å². The van der Waals surface area contributed by atoms with Crippen molar-refractivity contribution >= 4 is 72.4 Å². The summed E-state index contributed by atoms with van der Waals surface area (Å²) in [7, 11) is 0. The molecule has 0 unspecified atom stereocenters. The van der Waals surface area contributed by atoms with E-state index in [2.05, 4.69) is 179 Å². The number of benzene rings is 7. The van der Waals surface area contributed by atoms with Crippen LogP contribution in [0.15, 0.2) is 169 Å². The number of hydrogen-bond donors (Lipinski definition) is 0. The Morgan fingerprint density at radius 1 is 0.491 bits per heavy atom. The first-order valence-corrected chi connectivity index (χ1v) is 18.1. The Kier molecular flexibility index (Phi) is 6.43. The molecule has 0 N–H and O–H groups in total. The molecule has 0 saturated heterocycles. The van der Waals surface area contributed by atoms with E-state index in [1.54, 1.807) is 0 Å². The average Bonchev–Trinajstić information content (AvgIpc) is 3.71. The molecule has 7 aromatic carbocycles. The molecule has 11 rings (SSSR count). The first-order valence-electron chi connectivity index (χ1n) is 18.1. The van der Waals surface area contributed by atoms with E-state index in [-0.39, 0.29) is 0 Å². The molecule has 0 fully saturated rings. The molecule has 0 saturated carbocycles. The van der Waals surface area contributed by atoms with Crippen LogP contribution in [-0.4, -0.2) is 20.3 Å². The summed E-state index contributed by atoms with van der Waals surface area (Å²) in [4.78, 5) is 9.78. The fourth-order valence-electron chi connectivity index (χ4n) is 8.41. The summed E-state index contributed by atoms with van der Waals surface area (Å²) in [6, 6.07) is 55.1. The lowest BCUT2D eigenvalue weighted by Gasteiger charge is -2.13. The second-order valence-corrected chi connectivity index (χ2v) is 13.9. The van der Waals surface area contributed by atoms with Gasteiger partial charge in [-0.25, -0.2) is 0 Å². The molecule has 1 aliphatic heterocycles. The summed E-state index contributed by atoms with van der Waals surface area (Å²) >= 11 is 0. The Balaban J connectivity index is 1.10. The van der Waals surface area contributed by atoms with Crippen molar-refractivity contribution in [1.29, 1.82) is 0 Å². The molecule has 4 heterocycles. The summed E-state index contributed by atoms with van der Waals surface area (Å²) in [5.74, 6) is 0. The highest BCUT2D eigenvalue weighted by atomic mass is 15.0. The van der Waals surface area contributed by atoms with E-state index in [1.807, 2.05) is 18.5 Å². The zero-order valence-corrected chi connectivity index (χ0v) is 29.0. The van der Waals surface area contributed by atoms with Crippen LogP contribution in [0.2, 0.25) is 0 Å². The van der Waals surface area contributed by atoms with Gasteiger partial charge >= 0.3 is 0 Å². The van der Waals surface area contributed by atoms with E-state index in [0.29, 0.717) is 0 Å². The van der Waals surface area contributed by atoms with Crippen LogP contribution in [0.3, 0.4) is 0 Å². The Bertz CT molecular complexity index is 3180. The molecule has 4 nitrogen and oxygen atoms in total. The highest BCUT2D eigenvalue weighted by Crippen LogP contribution is 2.40. The SMILES string of the molecule is Cc1c2cccc1-c1ncc(-n3c4ccccc4c4cc(-c5ccc6c(c5)c5cc7ccccc7cc5n6-c5ccccc5)ccc43)cc1/C=C/C=N2. The van der Waals surface area contributed by atoms with Crippen molar-refractivity contribution in [2.75, 3.05) is 0 Å². The minimum absolute atomic E-state index is 0.968. The summed E-state index contributed by atoms with van der Waals surface area (Å²) in [5.41, 5.74) is 14.5. The molecule has 0 spiro atoms. The van der Waals surface area contributed by atoms with Crippen molar-refractivity contribution < 1.29 is 0 Å². The fraction of sp³-hybridized carbons (Fsp3) is 0.0204. The lowest BCUT2D eigenvalue weighted by atomic mass is 9.99. The minimum Gasteiger partial charge on any atom is -0.309 e. The number of aliphatic imine (C=N–C) groups is 1. The molecule has 0 atom stereocenters. The van der Waals surface area contributed by atoms with E-state index in [9.17, 15) is 0 Å². The largest absolute Gasteiger partial charge is 0.309 e. The number of hydrogen-bond acceptors (Lipinski definition) is 2. The number of allylic oxidation sites excluding steroid dienone is 1. The van der Waals surface area contributed by atoms with Gasteiger partial charge < -0.3 is 9.13 Å². The lowest BCUT2D eigenvalue weighted by Crippen LogP contribution is -1.98. The normalized spacial score (nSPS) is 13.1. The van der Waals surface area contributed by atoms with Crippen LogP contribution in [-0.2, 0) is 0 Å². The van der Waals surface area contributed by atoms with Crippen LogP contribution in [0, 0.1) is 6.92 Å². The van der Waals surface area contributed by atoms with Gasteiger partial charge in [-0.3, -0.25) is 9.98 Å². The Morgan fingerprint density at radius 3 is 1.96 bits per heavy atom. The van der Waals surface area contributed by atoms with E-state index in [0.717, 1.165) is 50.5 Å². The highest BCUT2D eigenvalue weighted by molar-refractivity contribution is 6.15.